The van der Waals surface area contributed by atoms with E-state index in [9.17, 15) is 42.7 Å². The Labute approximate surface area is 332 Å². The van der Waals surface area contributed by atoms with E-state index in [-0.39, 0.29) is 41.1 Å². The van der Waals surface area contributed by atoms with Crippen molar-refractivity contribution >= 4 is 70.9 Å². The van der Waals surface area contributed by atoms with Gasteiger partial charge in [-0.1, -0.05) is 71.2 Å². The number of fused-ring (bicyclic) bond motifs is 4. The van der Waals surface area contributed by atoms with Crippen LogP contribution in [-0.2, 0) is 30.8 Å². The largest absolute Gasteiger partial charge is 0.504 e. The minimum Gasteiger partial charge on any atom is -0.504 e. The number of para-hydroxylation sites is 1. The van der Waals surface area contributed by atoms with Crippen LogP contribution in [0.5, 0.6) is 11.5 Å². The molecule has 2 saturated heterocycles. The molecule has 0 radical (unpaired) electrons. The van der Waals surface area contributed by atoms with Gasteiger partial charge >= 0.3 is 13.3 Å². The average molecular weight is 821 g/mol. The summed E-state index contributed by atoms with van der Waals surface area (Å²) in [6.45, 7) is 0. The van der Waals surface area contributed by atoms with E-state index < -0.39 is 88.3 Å². The zero-order chi connectivity index (χ0) is 40.7. The molecule has 2 aliphatic heterocycles. The van der Waals surface area contributed by atoms with Crippen LogP contribution in [0.4, 0.5) is 24.7 Å². The SMILES string of the molecule is COc1cccc(C2C3=CCC4C(=O)N(c5cccc(B(O)O)c5)C(=O)C4C3CC3C(=O)N(Nc4ncc(C(F)(F)F)cc4Cl)C(=O)C32c2ccc(Cl)cc2)c1O. The van der Waals surface area contributed by atoms with Gasteiger partial charge in [0.15, 0.2) is 17.3 Å². The number of aromatic hydroxyl groups is 1. The highest BCUT2D eigenvalue weighted by atomic mass is 35.5. The molecule has 1 saturated carbocycles. The van der Waals surface area contributed by atoms with E-state index in [1.807, 2.05) is 0 Å². The summed E-state index contributed by atoms with van der Waals surface area (Å²) in [4.78, 5) is 63.6. The zero-order valence-corrected chi connectivity index (χ0v) is 31.1. The molecule has 3 fully saturated rings. The lowest BCUT2D eigenvalue weighted by Gasteiger charge is -2.50. The number of hydrazine groups is 1. The molecule has 18 heteroatoms. The summed E-state index contributed by atoms with van der Waals surface area (Å²) in [7, 11) is -0.539. The van der Waals surface area contributed by atoms with Gasteiger partial charge in [0.2, 0.25) is 11.8 Å². The monoisotopic (exact) mass is 820 g/mol. The fourth-order valence-corrected chi connectivity index (χ4v) is 9.48. The van der Waals surface area contributed by atoms with Crippen molar-refractivity contribution in [1.29, 1.82) is 0 Å². The summed E-state index contributed by atoms with van der Waals surface area (Å²) in [5.41, 5.74) is 0.633. The highest BCUT2D eigenvalue weighted by Crippen LogP contribution is 2.65. The number of hydrogen-bond acceptors (Lipinski definition) is 10. The van der Waals surface area contributed by atoms with Gasteiger partial charge in [0.25, 0.3) is 11.8 Å². The van der Waals surface area contributed by atoms with Crippen molar-refractivity contribution in [3.8, 4) is 11.5 Å². The number of methoxy groups -OCH3 is 1. The molecular weight excluding hydrogens is 791 g/mol. The van der Waals surface area contributed by atoms with Crippen LogP contribution in [-0.4, -0.2) is 63.0 Å². The number of amides is 4. The molecule has 4 amide bonds. The normalized spacial score (nSPS) is 25.5. The summed E-state index contributed by atoms with van der Waals surface area (Å²) in [6.07, 6.45) is -2.64. The number of imide groups is 2. The van der Waals surface area contributed by atoms with Crippen LogP contribution in [0.15, 0.2) is 90.6 Å². The topological polar surface area (TPSA) is 170 Å². The third kappa shape index (κ3) is 5.87. The van der Waals surface area contributed by atoms with E-state index in [0.29, 0.717) is 33.4 Å². The Hall–Kier alpha value is -5.42. The van der Waals surface area contributed by atoms with Gasteiger partial charge in [-0.15, -0.1) is 0 Å². The van der Waals surface area contributed by atoms with Crippen molar-refractivity contribution in [3.05, 3.63) is 117 Å². The van der Waals surface area contributed by atoms with Crippen LogP contribution >= 0.6 is 23.2 Å². The lowest BCUT2D eigenvalue weighted by Crippen LogP contribution is -2.53. The van der Waals surface area contributed by atoms with Crippen LogP contribution in [0.2, 0.25) is 10.0 Å². The number of nitrogens with zero attached hydrogens (tertiary/aromatic N) is 3. The second-order valence-electron chi connectivity index (χ2n) is 14.3. The van der Waals surface area contributed by atoms with Crippen LogP contribution < -0.4 is 20.5 Å². The van der Waals surface area contributed by atoms with Gasteiger partial charge in [0.1, 0.15) is 0 Å². The number of benzene rings is 3. The molecule has 4 aliphatic rings. The molecule has 8 rings (SSSR count). The van der Waals surface area contributed by atoms with E-state index in [1.54, 1.807) is 30.3 Å². The van der Waals surface area contributed by atoms with E-state index >= 15 is 4.79 Å². The standard InChI is InChI=1S/C39H30BCl2F3N4O8/c1-57-29-7-3-6-25(32(29)50)31-23-12-13-24-30(36(53)48(34(24)51)22-5-2-4-20(15-22)40(55)56)26(23)16-27-35(52)49(37(54)38(27,31)18-8-10-21(41)11-9-18)47-33-28(42)14-19(17-46-33)39(43,44)45/h2-12,14-15,17,24,26-27,30-31,50,55-56H,13,16H2,1H3,(H,46,47). The van der Waals surface area contributed by atoms with Crippen LogP contribution in [0, 0.1) is 23.7 Å². The molecule has 3 aromatic carbocycles. The molecule has 12 nitrogen and oxygen atoms in total. The number of pyridine rings is 1. The Bertz CT molecular complexity index is 2400. The van der Waals surface area contributed by atoms with Gasteiger partial charge in [0, 0.05) is 22.7 Å². The first-order chi connectivity index (χ1) is 27.1. The molecule has 4 aromatic rings. The van der Waals surface area contributed by atoms with Crippen molar-refractivity contribution in [2.45, 2.75) is 30.4 Å². The lowest BCUT2D eigenvalue weighted by molar-refractivity contribution is -0.139. The Balaban J connectivity index is 1.32. The Morgan fingerprint density at radius 3 is 2.33 bits per heavy atom. The molecular formula is C39H30BCl2F3N4O8. The maximum absolute atomic E-state index is 15.3. The molecule has 0 bridgehead atoms. The third-order valence-corrected chi connectivity index (χ3v) is 12.1. The number of alkyl halides is 3. The predicted octanol–water partition coefficient (Wildman–Crippen LogP) is 4.99. The average Bonchev–Trinajstić information content (AvgIpc) is 3.56. The molecule has 57 heavy (non-hydrogen) atoms. The van der Waals surface area contributed by atoms with Gasteiger partial charge < -0.3 is 19.9 Å². The third-order valence-electron chi connectivity index (χ3n) is 11.5. The summed E-state index contributed by atoms with van der Waals surface area (Å²) in [6, 6.07) is 17.1. The molecule has 0 spiro atoms. The highest BCUT2D eigenvalue weighted by molar-refractivity contribution is 6.58. The fourth-order valence-electron chi connectivity index (χ4n) is 9.14. The molecule has 292 valence electrons. The van der Waals surface area contributed by atoms with E-state index in [4.69, 9.17) is 27.9 Å². The number of hydrogen-bond donors (Lipinski definition) is 4. The smallest absolute Gasteiger partial charge is 0.488 e. The molecule has 6 unspecified atom stereocenters. The Morgan fingerprint density at radius 2 is 1.67 bits per heavy atom. The zero-order valence-electron chi connectivity index (χ0n) is 29.6. The number of rotatable bonds is 7. The van der Waals surface area contributed by atoms with E-state index in [1.165, 1.54) is 49.6 Å². The number of nitrogens with one attached hydrogen (secondary N) is 1. The summed E-state index contributed by atoms with van der Waals surface area (Å²) < 4.78 is 46.0. The van der Waals surface area contributed by atoms with Crippen molar-refractivity contribution in [3.63, 3.8) is 0 Å². The number of carbonyl (C=O) groups excluding carboxylic acids is 4. The van der Waals surface area contributed by atoms with Crippen molar-refractivity contribution in [1.82, 2.24) is 9.99 Å². The highest BCUT2D eigenvalue weighted by Gasteiger charge is 2.71. The quantitative estimate of drug-likeness (QED) is 0.113. The first-order valence-corrected chi connectivity index (χ1v) is 18.4. The number of phenolic OH excluding ortho intramolecular Hbond substituents is 1. The van der Waals surface area contributed by atoms with Gasteiger partial charge in [0.05, 0.1) is 46.6 Å². The van der Waals surface area contributed by atoms with Crippen molar-refractivity contribution in [2.75, 3.05) is 17.4 Å². The Morgan fingerprint density at radius 1 is 0.947 bits per heavy atom. The molecule has 3 heterocycles. The second kappa shape index (κ2) is 13.9. The number of carbonyl (C=O) groups is 4. The van der Waals surface area contributed by atoms with Crippen molar-refractivity contribution in [2.24, 2.45) is 23.7 Å². The first kappa shape index (κ1) is 38.5. The maximum Gasteiger partial charge on any atom is 0.488 e. The Kier molecular flexibility index (Phi) is 9.38. The summed E-state index contributed by atoms with van der Waals surface area (Å²) in [5.74, 6) is -8.87. The first-order valence-electron chi connectivity index (χ1n) is 17.6. The summed E-state index contributed by atoms with van der Waals surface area (Å²) in [5, 5.41) is 31.9. The van der Waals surface area contributed by atoms with Gasteiger partial charge in [-0.25, -0.2) is 4.98 Å². The van der Waals surface area contributed by atoms with E-state index in [2.05, 4.69) is 10.4 Å². The molecule has 6 atom stereocenters. The van der Waals surface area contributed by atoms with Crippen LogP contribution in [0.25, 0.3) is 0 Å². The minimum absolute atomic E-state index is 0.0394. The predicted molar refractivity (Wildman–Crippen MR) is 200 cm³/mol. The number of anilines is 2. The van der Waals surface area contributed by atoms with Gasteiger partial charge in [-0.2, -0.15) is 18.2 Å². The maximum atomic E-state index is 15.3. The minimum atomic E-state index is -4.78. The van der Waals surface area contributed by atoms with Gasteiger partial charge in [-0.05, 0) is 66.2 Å². The molecule has 4 N–H and O–H groups in total. The number of aromatic nitrogens is 1. The molecule has 1 aromatic heterocycles. The summed E-state index contributed by atoms with van der Waals surface area (Å²) >= 11 is 12.6. The number of allylic oxidation sites excluding steroid dienone is 2. The number of halogens is 5. The fraction of sp³-hybridized carbons (Fsp3) is 0.256. The number of phenols is 1. The molecule has 2 aliphatic carbocycles. The van der Waals surface area contributed by atoms with E-state index in [0.717, 1.165) is 4.90 Å². The van der Waals surface area contributed by atoms with Crippen LogP contribution in [0.3, 0.4) is 0 Å². The second-order valence-corrected chi connectivity index (χ2v) is 15.1. The van der Waals surface area contributed by atoms with Crippen LogP contribution in [0.1, 0.15) is 35.4 Å². The number of ether oxygens (including phenoxy) is 1. The van der Waals surface area contributed by atoms with Gasteiger partial charge in [-0.3, -0.25) is 29.5 Å². The lowest BCUT2D eigenvalue weighted by atomic mass is 9.49. The van der Waals surface area contributed by atoms with Crippen molar-refractivity contribution < 1.29 is 52.2 Å².